The van der Waals surface area contributed by atoms with Crippen molar-refractivity contribution >= 4 is 12.2 Å². The normalized spacial score (nSPS) is 14.8. The predicted molar refractivity (Wildman–Crippen MR) is 106 cm³/mol. The predicted octanol–water partition coefficient (Wildman–Crippen LogP) is 4.14. The van der Waals surface area contributed by atoms with Crippen molar-refractivity contribution in [1.29, 1.82) is 0 Å². The third-order valence-electron chi connectivity index (χ3n) is 4.68. The Balaban J connectivity index is 1.66. The van der Waals surface area contributed by atoms with Crippen molar-refractivity contribution in [2.45, 2.75) is 26.2 Å². The number of nitrogens with zero attached hydrogens (tertiary/aromatic N) is 1. The summed E-state index contributed by atoms with van der Waals surface area (Å²) in [6.07, 6.45) is 3.93. The number of rotatable bonds is 2. The molecule has 2 heterocycles. The van der Waals surface area contributed by atoms with E-state index in [2.05, 4.69) is 55.0 Å². The number of para-hydroxylation sites is 1. The number of aromatic amines is 1. The van der Waals surface area contributed by atoms with E-state index >= 15 is 0 Å². The Labute approximate surface area is 153 Å². The number of hydrogen-bond acceptors (Lipinski definition) is 2. The Morgan fingerprint density at radius 2 is 1.73 bits per heavy atom. The molecule has 0 atom stereocenters. The van der Waals surface area contributed by atoms with E-state index in [-0.39, 0.29) is 11.3 Å². The highest BCUT2D eigenvalue weighted by Crippen LogP contribution is 2.30. The fraction of sp³-hybridized carbons (Fsp3) is 0.174. The molecule has 0 saturated carbocycles. The highest BCUT2D eigenvalue weighted by atomic mass is 16.3. The van der Waals surface area contributed by atoms with E-state index in [9.17, 15) is 5.11 Å². The molecule has 130 valence electrons. The first-order valence-electron chi connectivity index (χ1n) is 8.80. The third kappa shape index (κ3) is 3.08. The highest BCUT2D eigenvalue weighted by Gasteiger charge is 2.14. The van der Waals surface area contributed by atoms with Crippen molar-refractivity contribution in [1.82, 2.24) is 4.98 Å². The molecule has 3 nitrogen and oxygen atoms in total. The lowest BCUT2D eigenvalue weighted by atomic mass is 9.86. The second-order valence-electron chi connectivity index (χ2n) is 7.70. The smallest absolute Gasteiger partial charge is 0.196 e. The molecule has 0 bridgehead atoms. The fourth-order valence-electron chi connectivity index (χ4n) is 3.15. The van der Waals surface area contributed by atoms with E-state index in [1.807, 2.05) is 42.5 Å². The first-order valence-corrected chi connectivity index (χ1v) is 8.80. The first kappa shape index (κ1) is 16.4. The van der Waals surface area contributed by atoms with Gasteiger partial charge in [-0.3, -0.25) is 0 Å². The lowest BCUT2D eigenvalue weighted by molar-refractivity contribution is 0.456. The molecule has 3 heteroatoms. The zero-order valence-corrected chi connectivity index (χ0v) is 15.2. The van der Waals surface area contributed by atoms with Gasteiger partial charge < -0.3 is 10.1 Å². The fourth-order valence-corrected chi connectivity index (χ4v) is 3.15. The number of fused-ring (bicyclic) bond motifs is 1. The third-order valence-corrected chi connectivity index (χ3v) is 4.68. The summed E-state index contributed by atoms with van der Waals surface area (Å²) >= 11 is 0. The van der Waals surface area contributed by atoms with Gasteiger partial charge in [-0.15, -0.1) is 0 Å². The number of aromatic hydroxyl groups is 1. The molecule has 0 amide bonds. The molecule has 2 N–H and O–H groups in total. The van der Waals surface area contributed by atoms with Gasteiger partial charge in [0.2, 0.25) is 0 Å². The molecule has 1 aliphatic heterocycles. The van der Waals surface area contributed by atoms with E-state index in [4.69, 9.17) is 0 Å². The molecule has 0 saturated heterocycles. The number of nitrogens with one attached hydrogen (secondary N) is 1. The van der Waals surface area contributed by atoms with Crippen LogP contribution < -0.4 is 10.6 Å². The lowest BCUT2D eigenvalue weighted by Crippen LogP contribution is -2.19. The molecule has 4 rings (SSSR count). The summed E-state index contributed by atoms with van der Waals surface area (Å²) in [5, 5.41) is 12.4. The molecule has 0 fully saturated rings. The van der Waals surface area contributed by atoms with E-state index in [0.717, 1.165) is 33.1 Å². The maximum Gasteiger partial charge on any atom is 0.196 e. The van der Waals surface area contributed by atoms with Crippen LogP contribution in [0.3, 0.4) is 0 Å². The van der Waals surface area contributed by atoms with Crippen molar-refractivity contribution in [3.05, 3.63) is 82.0 Å². The number of aromatic nitrogens is 1. The Morgan fingerprint density at radius 1 is 1.00 bits per heavy atom. The lowest BCUT2D eigenvalue weighted by Gasteiger charge is -2.18. The molecule has 3 aromatic rings. The molecule has 0 aliphatic carbocycles. The number of allylic oxidation sites excluding steroid dienone is 1. The van der Waals surface area contributed by atoms with Crippen LogP contribution in [0, 0.1) is 0 Å². The van der Waals surface area contributed by atoms with Gasteiger partial charge in [-0.2, -0.15) is 0 Å². The van der Waals surface area contributed by atoms with Crippen molar-refractivity contribution in [2.24, 2.45) is 4.99 Å². The monoisotopic (exact) mass is 342 g/mol. The van der Waals surface area contributed by atoms with Crippen molar-refractivity contribution in [3.8, 4) is 17.1 Å². The zero-order chi connectivity index (χ0) is 18.3. The van der Waals surface area contributed by atoms with Crippen LogP contribution in [0.15, 0.2) is 65.3 Å². The summed E-state index contributed by atoms with van der Waals surface area (Å²) in [6, 6.07) is 18.4. The molecule has 0 spiro atoms. The van der Waals surface area contributed by atoms with Crippen LogP contribution in [-0.2, 0) is 5.41 Å². The Kier molecular flexibility index (Phi) is 3.80. The SMILES string of the molecule is CC(C)(C)c1ccc(-c2cc(/C=C3/C=c4ccccc4=N3)c(O)[nH]2)cc1. The summed E-state index contributed by atoms with van der Waals surface area (Å²) in [5.41, 5.74) is 4.94. The van der Waals surface area contributed by atoms with Gasteiger partial charge in [0.25, 0.3) is 0 Å². The second kappa shape index (κ2) is 6.03. The van der Waals surface area contributed by atoms with E-state index in [0.29, 0.717) is 0 Å². The first-order chi connectivity index (χ1) is 12.4. The Morgan fingerprint density at radius 3 is 2.42 bits per heavy atom. The summed E-state index contributed by atoms with van der Waals surface area (Å²) in [6.45, 7) is 6.60. The van der Waals surface area contributed by atoms with Gasteiger partial charge in [0.15, 0.2) is 5.88 Å². The molecular weight excluding hydrogens is 320 g/mol. The zero-order valence-electron chi connectivity index (χ0n) is 15.2. The minimum atomic E-state index is 0.126. The van der Waals surface area contributed by atoms with Crippen LogP contribution in [0.5, 0.6) is 5.88 Å². The minimum Gasteiger partial charge on any atom is -0.494 e. The number of hydrogen-bond donors (Lipinski definition) is 2. The van der Waals surface area contributed by atoms with Crippen LogP contribution in [0.25, 0.3) is 23.4 Å². The molecule has 26 heavy (non-hydrogen) atoms. The summed E-state index contributed by atoms with van der Waals surface area (Å²) in [7, 11) is 0. The second-order valence-corrected chi connectivity index (χ2v) is 7.70. The summed E-state index contributed by atoms with van der Waals surface area (Å²) < 4.78 is 0. The maximum atomic E-state index is 10.3. The minimum absolute atomic E-state index is 0.126. The number of H-pyrrole nitrogens is 1. The van der Waals surface area contributed by atoms with Crippen LogP contribution in [-0.4, -0.2) is 10.1 Å². The average Bonchev–Trinajstić information content (AvgIpc) is 3.18. The van der Waals surface area contributed by atoms with Gasteiger partial charge in [0.1, 0.15) is 0 Å². The Hall–Kier alpha value is -3.07. The largest absolute Gasteiger partial charge is 0.494 e. The molecule has 2 aromatic carbocycles. The van der Waals surface area contributed by atoms with Gasteiger partial charge >= 0.3 is 0 Å². The molecule has 0 unspecified atom stereocenters. The Bertz CT molecular complexity index is 1070. The average molecular weight is 342 g/mol. The van der Waals surface area contributed by atoms with Crippen LogP contribution >= 0.6 is 0 Å². The highest BCUT2D eigenvalue weighted by molar-refractivity contribution is 5.73. The summed E-state index contributed by atoms with van der Waals surface area (Å²) in [5.74, 6) is 0.159. The standard InChI is InChI=1S/C23H22N2O/c1-23(2,3)18-10-8-15(9-11-18)21-14-17(22(26)25-21)13-19-12-16-6-4-5-7-20(16)24-19/h4-14,25-26H,1-3H3/b19-13-. The van der Waals surface area contributed by atoms with Crippen molar-refractivity contribution in [3.63, 3.8) is 0 Å². The van der Waals surface area contributed by atoms with Crippen LogP contribution in [0.1, 0.15) is 31.9 Å². The van der Waals surface area contributed by atoms with E-state index < -0.39 is 0 Å². The molecule has 1 aromatic heterocycles. The van der Waals surface area contributed by atoms with E-state index in [1.54, 1.807) is 0 Å². The quantitative estimate of drug-likeness (QED) is 0.722. The topological polar surface area (TPSA) is 48.4 Å². The maximum absolute atomic E-state index is 10.3. The van der Waals surface area contributed by atoms with E-state index in [1.165, 1.54) is 5.56 Å². The van der Waals surface area contributed by atoms with Crippen LogP contribution in [0.2, 0.25) is 0 Å². The molecular formula is C23H22N2O. The van der Waals surface area contributed by atoms with Gasteiger partial charge in [0, 0.05) is 16.5 Å². The van der Waals surface area contributed by atoms with Gasteiger partial charge in [-0.1, -0.05) is 63.2 Å². The van der Waals surface area contributed by atoms with Crippen molar-refractivity contribution in [2.75, 3.05) is 0 Å². The molecule has 1 aliphatic rings. The van der Waals surface area contributed by atoms with Gasteiger partial charge in [0.05, 0.1) is 11.1 Å². The summed E-state index contributed by atoms with van der Waals surface area (Å²) in [4.78, 5) is 7.66. The van der Waals surface area contributed by atoms with Crippen molar-refractivity contribution < 1.29 is 5.11 Å². The van der Waals surface area contributed by atoms with Gasteiger partial charge in [-0.25, -0.2) is 4.99 Å². The van der Waals surface area contributed by atoms with Crippen LogP contribution in [0.4, 0.5) is 0 Å². The molecule has 0 radical (unpaired) electrons. The van der Waals surface area contributed by atoms with Gasteiger partial charge in [-0.05, 0) is 40.8 Å². The number of benzene rings is 2.